The second kappa shape index (κ2) is 6.63. The Morgan fingerprint density at radius 1 is 1.14 bits per heavy atom. The Morgan fingerprint density at radius 2 is 1.76 bits per heavy atom. The van der Waals surface area contributed by atoms with E-state index in [0.29, 0.717) is 29.5 Å². The molecule has 5 heteroatoms. The number of rotatable bonds is 6. The quantitative estimate of drug-likeness (QED) is 0.888. The standard InChI is InChI=1S/C16H22N2O3/c1-11(2)18-9-8-12(17-18)10-13(19)16-14(20-3)6-5-7-15(16)21-4/h5-9,11,13,19H,10H2,1-4H3. The van der Waals surface area contributed by atoms with Gasteiger partial charge in [0.25, 0.3) is 0 Å². The molecule has 0 amide bonds. The SMILES string of the molecule is COc1cccc(OC)c1C(O)Cc1ccn(C(C)C)n1. The molecule has 1 heterocycles. The van der Waals surface area contributed by atoms with Gasteiger partial charge in [0.15, 0.2) is 0 Å². The van der Waals surface area contributed by atoms with Gasteiger partial charge in [-0.05, 0) is 32.0 Å². The van der Waals surface area contributed by atoms with Crippen LogP contribution >= 0.6 is 0 Å². The zero-order valence-electron chi connectivity index (χ0n) is 12.9. The molecular weight excluding hydrogens is 268 g/mol. The van der Waals surface area contributed by atoms with Gasteiger partial charge in [0.1, 0.15) is 11.5 Å². The molecule has 0 fully saturated rings. The fourth-order valence-electron chi connectivity index (χ4n) is 2.28. The van der Waals surface area contributed by atoms with Crippen molar-refractivity contribution in [3.63, 3.8) is 0 Å². The van der Waals surface area contributed by atoms with E-state index in [4.69, 9.17) is 9.47 Å². The fraction of sp³-hybridized carbons (Fsp3) is 0.438. The lowest BCUT2D eigenvalue weighted by atomic mass is 10.0. The number of aliphatic hydroxyl groups excluding tert-OH is 1. The van der Waals surface area contributed by atoms with Gasteiger partial charge >= 0.3 is 0 Å². The molecule has 1 unspecified atom stereocenters. The van der Waals surface area contributed by atoms with Crippen LogP contribution in [-0.2, 0) is 6.42 Å². The highest BCUT2D eigenvalue weighted by Gasteiger charge is 2.20. The lowest BCUT2D eigenvalue weighted by Crippen LogP contribution is -2.08. The highest BCUT2D eigenvalue weighted by Crippen LogP contribution is 2.35. The summed E-state index contributed by atoms with van der Waals surface area (Å²) in [5, 5.41) is 15.0. The number of aliphatic hydroxyl groups is 1. The number of methoxy groups -OCH3 is 2. The van der Waals surface area contributed by atoms with E-state index in [2.05, 4.69) is 18.9 Å². The third-order valence-corrected chi connectivity index (χ3v) is 3.39. The van der Waals surface area contributed by atoms with Crippen LogP contribution < -0.4 is 9.47 Å². The predicted octanol–water partition coefficient (Wildman–Crippen LogP) is 2.76. The fourth-order valence-corrected chi connectivity index (χ4v) is 2.28. The maximum atomic E-state index is 10.5. The van der Waals surface area contributed by atoms with E-state index >= 15 is 0 Å². The minimum Gasteiger partial charge on any atom is -0.496 e. The summed E-state index contributed by atoms with van der Waals surface area (Å²) in [5.74, 6) is 1.23. The predicted molar refractivity (Wildman–Crippen MR) is 80.8 cm³/mol. The van der Waals surface area contributed by atoms with Gasteiger partial charge in [-0.2, -0.15) is 5.10 Å². The van der Waals surface area contributed by atoms with Gasteiger partial charge in [-0.3, -0.25) is 4.68 Å². The number of aromatic nitrogens is 2. The lowest BCUT2D eigenvalue weighted by Gasteiger charge is -2.17. The zero-order valence-corrected chi connectivity index (χ0v) is 12.9. The molecular formula is C16H22N2O3. The molecule has 0 aliphatic rings. The van der Waals surface area contributed by atoms with Crippen LogP contribution in [0.25, 0.3) is 0 Å². The number of hydrogen-bond acceptors (Lipinski definition) is 4. The first-order valence-corrected chi connectivity index (χ1v) is 6.99. The van der Waals surface area contributed by atoms with Crippen LogP contribution in [0.2, 0.25) is 0 Å². The highest BCUT2D eigenvalue weighted by molar-refractivity contribution is 5.46. The molecule has 5 nitrogen and oxygen atoms in total. The molecule has 2 aromatic rings. The molecule has 114 valence electrons. The molecule has 0 bridgehead atoms. The molecule has 0 aliphatic carbocycles. The Labute approximate surface area is 125 Å². The summed E-state index contributed by atoms with van der Waals surface area (Å²) in [7, 11) is 3.16. The summed E-state index contributed by atoms with van der Waals surface area (Å²) in [6.45, 7) is 4.13. The minimum atomic E-state index is -0.730. The van der Waals surface area contributed by atoms with Crippen LogP contribution in [0.4, 0.5) is 0 Å². The molecule has 1 aromatic heterocycles. The molecule has 2 rings (SSSR count). The van der Waals surface area contributed by atoms with Crippen molar-refractivity contribution in [2.75, 3.05) is 14.2 Å². The molecule has 21 heavy (non-hydrogen) atoms. The Balaban J connectivity index is 2.25. The number of nitrogens with zero attached hydrogens (tertiary/aromatic N) is 2. The first kappa shape index (κ1) is 15.4. The van der Waals surface area contributed by atoms with E-state index in [1.165, 1.54) is 0 Å². The number of ether oxygens (including phenoxy) is 2. The minimum absolute atomic E-state index is 0.302. The van der Waals surface area contributed by atoms with Crippen LogP contribution in [0.15, 0.2) is 30.5 Å². The second-order valence-electron chi connectivity index (χ2n) is 5.18. The van der Waals surface area contributed by atoms with E-state index in [9.17, 15) is 5.11 Å². The zero-order chi connectivity index (χ0) is 15.4. The van der Waals surface area contributed by atoms with E-state index in [1.54, 1.807) is 14.2 Å². The Bertz CT molecular complexity index is 571. The average Bonchev–Trinajstić information content (AvgIpc) is 2.94. The maximum Gasteiger partial charge on any atom is 0.128 e. The first-order valence-electron chi connectivity index (χ1n) is 6.99. The van der Waals surface area contributed by atoms with E-state index in [1.807, 2.05) is 35.1 Å². The van der Waals surface area contributed by atoms with Gasteiger partial charge in [0.2, 0.25) is 0 Å². The summed E-state index contributed by atoms with van der Waals surface area (Å²) in [6, 6.07) is 7.69. The van der Waals surface area contributed by atoms with Crippen LogP contribution in [0, 0.1) is 0 Å². The third kappa shape index (κ3) is 3.36. The topological polar surface area (TPSA) is 56.5 Å². The molecule has 1 aromatic carbocycles. The Morgan fingerprint density at radius 3 is 2.24 bits per heavy atom. The lowest BCUT2D eigenvalue weighted by molar-refractivity contribution is 0.168. The van der Waals surface area contributed by atoms with Crippen LogP contribution in [0.3, 0.4) is 0 Å². The van der Waals surface area contributed by atoms with Crippen molar-refractivity contribution in [2.24, 2.45) is 0 Å². The highest BCUT2D eigenvalue weighted by atomic mass is 16.5. The van der Waals surface area contributed by atoms with Crippen LogP contribution in [-0.4, -0.2) is 29.1 Å². The normalized spacial score (nSPS) is 12.5. The summed E-state index contributed by atoms with van der Waals surface area (Å²) in [4.78, 5) is 0. The van der Waals surface area contributed by atoms with E-state index < -0.39 is 6.10 Å². The summed E-state index contributed by atoms with van der Waals surface area (Å²) >= 11 is 0. The monoisotopic (exact) mass is 290 g/mol. The van der Waals surface area contributed by atoms with Crippen molar-refractivity contribution in [3.05, 3.63) is 41.7 Å². The second-order valence-corrected chi connectivity index (χ2v) is 5.18. The maximum absolute atomic E-state index is 10.5. The Hall–Kier alpha value is -2.01. The third-order valence-electron chi connectivity index (χ3n) is 3.39. The molecule has 0 radical (unpaired) electrons. The van der Waals surface area contributed by atoms with Gasteiger partial charge in [-0.15, -0.1) is 0 Å². The number of benzene rings is 1. The molecule has 1 N–H and O–H groups in total. The van der Waals surface area contributed by atoms with Crippen molar-refractivity contribution in [2.45, 2.75) is 32.4 Å². The van der Waals surface area contributed by atoms with Gasteiger partial charge < -0.3 is 14.6 Å². The Kier molecular flexibility index (Phi) is 4.85. The van der Waals surface area contributed by atoms with E-state index in [0.717, 1.165) is 5.69 Å². The van der Waals surface area contributed by atoms with Crippen molar-refractivity contribution in [3.8, 4) is 11.5 Å². The van der Waals surface area contributed by atoms with Crippen molar-refractivity contribution < 1.29 is 14.6 Å². The van der Waals surface area contributed by atoms with Gasteiger partial charge in [-0.1, -0.05) is 6.07 Å². The molecule has 0 spiro atoms. The molecule has 0 saturated carbocycles. The average molecular weight is 290 g/mol. The van der Waals surface area contributed by atoms with Gasteiger partial charge in [0.05, 0.1) is 31.6 Å². The summed E-state index contributed by atoms with van der Waals surface area (Å²) in [5.41, 5.74) is 1.49. The van der Waals surface area contributed by atoms with Crippen molar-refractivity contribution in [1.29, 1.82) is 0 Å². The van der Waals surface area contributed by atoms with Crippen molar-refractivity contribution >= 4 is 0 Å². The molecule has 1 atom stereocenters. The van der Waals surface area contributed by atoms with Gasteiger partial charge in [-0.25, -0.2) is 0 Å². The smallest absolute Gasteiger partial charge is 0.128 e. The molecule has 0 aliphatic heterocycles. The summed E-state index contributed by atoms with van der Waals surface area (Å²) < 4.78 is 12.5. The first-order chi connectivity index (χ1) is 10.1. The summed E-state index contributed by atoms with van der Waals surface area (Å²) in [6.07, 6.45) is 1.61. The largest absolute Gasteiger partial charge is 0.496 e. The van der Waals surface area contributed by atoms with Crippen molar-refractivity contribution in [1.82, 2.24) is 9.78 Å². The molecule has 0 saturated heterocycles. The van der Waals surface area contributed by atoms with Crippen LogP contribution in [0.1, 0.15) is 37.3 Å². The van der Waals surface area contributed by atoms with Gasteiger partial charge in [0, 0.05) is 18.7 Å². The van der Waals surface area contributed by atoms with Crippen LogP contribution in [0.5, 0.6) is 11.5 Å². The number of hydrogen-bond donors (Lipinski definition) is 1. The van der Waals surface area contributed by atoms with E-state index in [-0.39, 0.29) is 0 Å².